The summed E-state index contributed by atoms with van der Waals surface area (Å²) in [6.07, 6.45) is 4.45. The third-order valence-corrected chi connectivity index (χ3v) is 2.95. The van der Waals surface area contributed by atoms with E-state index in [0.717, 1.165) is 13.0 Å². The minimum absolute atomic E-state index is 0.222. The van der Waals surface area contributed by atoms with Gasteiger partial charge in [0.25, 0.3) is 0 Å². The van der Waals surface area contributed by atoms with Gasteiger partial charge in [0.05, 0.1) is 0 Å². The van der Waals surface area contributed by atoms with Gasteiger partial charge >= 0.3 is 0 Å². The third kappa shape index (κ3) is 3.34. The highest BCUT2D eigenvalue weighted by Gasteiger charge is 2.08. The first-order valence-corrected chi connectivity index (χ1v) is 6.36. The molecule has 2 heteroatoms. The van der Waals surface area contributed by atoms with Gasteiger partial charge in [0.2, 0.25) is 0 Å². The van der Waals surface area contributed by atoms with Crippen molar-refractivity contribution in [2.45, 2.75) is 39.2 Å². The molecule has 0 amide bonds. The highest BCUT2D eigenvalue weighted by atomic mass is 14.9. The van der Waals surface area contributed by atoms with Gasteiger partial charge in [0.1, 0.15) is 0 Å². The molecule has 2 N–H and O–H groups in total. The smallest absolute Gasteiger partial charge is 0.0456 e. The van der Waals surface area contributed by atoms with Crippen LogP contribution in [0.3, 0.4) is 0 Å². The number of nitrogens with one attached hydrogen (secondary N) is 2. The Bertz CT molecular complexity index is 477. The Morgan fingerprint density at radius 1 is 1.18 bits per heavy atom. The van der Waals surface area contributed by atoms with Crippen molar-refractivity contribution in [2.24, 2.45) is 0 Å². The summed E-state index contributed by atoms with van der Waals surface area (Å²) in [5.74, 6) is 0. The number of rotatable bonds is 4. The molecule has 2 rings (SSSR count). The summed E-state index contributed by atoms with van der Waals surface area (Å²) < 4.78 is 0. The second kappa shape index (κ2) is 4.92. The first-order valence-electron chi connectivity index (χ1n) is 6.36. The number of aryl methyl sites for hydroxylation is 1. The standard InChI is InChI=1S/C15H22N2/c1-15(2,3)17-10-6-7-12-11-16-14-9-5-4-8-13(12)14/h4-5,8-9,11,16-17H,6-7,10H2,1-3H3. The molecule has 17 heavy (non-hydrogen) atoms. The van der Waals surface area contributed by atoms with Crippen LogP contribution >= 0.6 is 0 Å². The van der Waals surface area contributed by atoms with Crippen LogP contribution in [-0.4, -0.2) is 17.1 Å². The van der Waals surface area contributed by atoms with Gasteiger partial charge in [-0.3, -0.25) is 0 Å². The first kappa shape index (κ1) is 12.2. The lowest BCUT2D eigenvalue weighted by Gasteiger charge is -2.20. The molecule has 0 unspecified atom stereocenters. The summed E-state index contributed by atoms with van der Waals surface area (Å²) >= 11 is 0. The van der Waals surface area contributed by atoms with Crippen molar-refractivity contribution < 1.29 is 0 Å². The van der Waals surface area contributed by atoms with Crippen LogP contribution in [-0.2, 0) is 6.42 Å². The van der Waals surface area contributed by atoms with E-state index in [1.165, 1.54) is 22.9 Å². The fraction of sp³-hybridized carbons (Fsp3) is 0.467. The van der Waals surface area contributed by atoms with Gasteiger partial charge in [-0.25, -0.2) is 0 Å². The summed E-state index contributed by atoms with van der Waals surface area (Å²) in [7, 11) is 0. The molecule has 0 bridgehead atoms. The molecular formula is C15H22N2. The molecule has 2 aromatic rings. The summed E-state index contributed by atoms with van der Waals surface area (Å²) in [6.45, 7) is 7.69. The highest BCUT2D eigenvalue weighted by Crippen LogP contribution is 2.18. The van der Waals surface area contributed by atoms with Gasteiger partial charge in [0, 0.05) is 22.6 Å². The minimum Gasteiger partial charge on any atom is -0.361 e. The Balaban J connectivity index is 1.91. The van der Waals surface area contributed by atoms with Crippen molar-refractivity contribution >= 4 is 10.9 Å². The van der Waals surface area contributed by atoms with Gasteiger partial charge in [-0.15, -0.1) is 0 Å². The lowest BCUT2D eigenvalue weighted by Crippen LogP contribution is -2.36. The third-order valence-electron chi connectivity index (χ3n) is 2.95. The number of para-hydroxylation sites is 1. The number of H-pyrrole nitrogens is 1. The fourth-order valence-electron chi connectivity index (χ4n) is 2.08. The summed E-state index contributed by atoms with van der Waals surface area (Å²) in [6, 6.07) is 8.50. The number of aromatic amines is 1. The molecule has 0 aliphatic carbocycles. The van der Waals surface area contributed by atoms with Crippen LogP contribution in [0.1, 0.15) is 32.8 Å². The number of fused-ring (bicyclic) bond motifs is 1. The Morgan fingerprint density at radius 2 is 1.94 bits per heavy atom. The van der Waals surface area contributed by atoms with Crippen LogP contribution in [0.4, 0.5) is 0 Å². The normalized spacial score (nSPS) is 12.2. The Labute approximate surface area is 103 Å². The number of benzene rings is 1. The molecule has 0 fully saturated rings. The maximum Gasteiger partial charge on any atom is 0.0456 e. The zero-order chi connectivity index (χ0) is 12.3. The zero-order valence-corrected chi connectivity index (χ0v) is 11.0. The fourth-order valence-corrected chi connectivity index (χ4v) is 2.08. The van der Waals surface area contributed by atoms with Gasteiger partial charge in [-0.2, -0.15) is 0 Å². The van der Waals surface area contributed by atoms with Gasteiger partial charge in [-0.1, -0.05) is 18.2 Å². The Hall–Kier alpha value is -1.28. The van der Waals surface area contributed by atoms with E-state index in [9.17, 15) is 0 Å². The quantitative estimate of drug-likeness (QED) is 0.773. The average Bonchev–Trinajstić information content (AvgIpc) is 2.67. The molecule has 0 aliphatic heterocycles. The number of aromatic nitrogens is 1. The SMILES string of the molecule is CC(C)(C)NCCCc1c[nH]c2ccccc12. The van der Waals surface area contributed by atoms with Crippen LogP contribution in [0.2, 0.25) is 0 Å². The number of hydrogen-bond donors (Lipinski definition) is 2. The van der Waals surface area contributed by atoms with Crippen molar-refractivity contribution in [1.29, 1.82) is 0 Å². The second-order valence-electron chi connectivity index (χ2n) is 5.64. The van der Waals surface area contributed by atoms with E-state index in [-0.39, 0.29) is 5.54 Å². The molecule has 1 aromatic heterocycles. The minimum atomic E-state index is 0.222. The number of hydrogen-bond acceptors (Lipinski definition) is 1. The van der Waals surface area contributed by atoms with E-state index in [4.69, 9.17) is 0 Å². The Morgan fingerprint density at radius 3 is 2.71 bits per heavy atom. The van der Waals surface area contributed by atoms with E-state index >= 15 is 0 Å². The molecule has 0 saturated carbocycles. The lowest BCUT2D eigenvalue weighted by atomic mass is 10.1. The van der Waals surface area contributed by atoms with Gasteiger partial charge < -0.3 is 10.3 Å². The molecule has 0 spiro atoms. The van der Waals surface area contributed by atoms with Crippen molar-refractivity contribution in [3.8, 4) is 0 Å². The maximum atomic E-state index is 3.52. The van der Waals surface area contributed by atoms with Crippen LogP contribution in [0.25, 0.3) is 10.9 Å². The van der Waals surface area contributed by atoms with E-state index in [1.807, 2.05) is 0 Å². The topological polar surface area (TPSA) is 27.8 Å². The van der Waals surface area contributed by atoms with Crippen LogP contribution in [0.5, 0.6) is 0 Å². The molecule has 0 radical (unpaired) electrons. The molecular weight excluding hydrogens is 208 g/mol. The second-order valence-corrected chi connectivity index (χ2v) is 5.64. The summed E-state index contributed by atoms with van der Waals surface area (Å²) in [5.41, 5.74) is 2.89. The van der Waals surface area contributed by atoms with Crippen molar-refractivity contribution in [3.05, 3.63) is 36.0 Å². The predicted octanol–water partition coefficient (Wildman–Crippen LogP) is 3.49. The summed E-state index contributed by atoms with van der Waals surface area (Å²) in [4.78, 5) is 3.32. The monoisotopic (exact) mass is 230 g/mol. The Kier molecular flexibility index (Phi) is 3.53. The molecule has 92 valence electrons. The predicted molar refractivity (Wildman–Crippen MR) is 74.4 cm³/mol. The molecule has 0 aliphatic rings. The largest absolute Gasteiger partial charge is 0.361 e. The van der Waals surface area contributed by atoms with E-state index in [2.05, 4.69) is 61.5 Å². The van der Waals surface area contributed by atoms with Crippen molar-refractivity contribution in [2.75, 3.05) is 6.54 Å². The molecule has 2 nitrogen and oxygen atoms in total. The van der Waals surface area contributed by atoms with Gasteiger partial charge in [-0.05, 0) is 51.8 Å². The van der Waals surface area contributed by atoms with Crippen LogP contribution in [0.15, 0.2) is 30.5 Å². The van der Waals surface area contributed by atoms with E-state index in [0.29, 0.717) is 0 Å². The van der Waals surface area contributed by atoms with Crippen molar-refractivity contribution in [3.63, 3.8) is 0 Å². The molecule has 1 aromatic carbocycles. The highest BCUT2D eigenvalue weighted by molar-refractivity contribution is 5.82. The van der Waals surface area contributed by atoms with E-state index < -0.39 is 0 Å². The maximum absolute atomic E-state index is 3.52. The van der Waals surface area contributed by atoms with Crippen molar-refractivity contribution in [1.82, 2.24) is 10.3 Å². The van der Waals surface area contributed by atoms with Gasteiger partial charge in [0.15, 0.2) is 0 Å². The van der Waals surface area contributed by atoms with Crippen LogP contribution < -0.4 is 5.32 Å². The first-order chi connectivity index (χ1) is 8.06. The average molecular weight is 230 g/mol. The van der Waals surface area contributed by atoms with E-state index in [1.54, 1.807) is 0 Å². The molecule has 1 heterocycles. The lowest BCUT2D eigenvalue weighted by molar-refractivity contribution is 0.422. The zero-order valence-electron chi connectivity index (χ0n) is 11.0. The van der Waals surface area contributed by atoms with Crippen LogP contribution in [0, 0.1) is 0 Å². The molecule has 0 atom stereocenters. The summed E-state index contributed by atoms with van der Waals surface area (Å²) in [5, 5.41) is 4.89. The molecule has 0 saturated heterocycles.